The summed E-state index contributed by atoms with van der Waals surface area (Å²) in [5.74, 6) is -1.67. The van der Waals surface area contributed by atoms with E-state index in [0.29, 0.717) is 7.35 Å². The van der Waals surface area contributed by atoms with Crippen molar-refractivity contribution in [3.05, 3.63) is 165 Å². The summed E-state index contributed by atoms with van der Waals surface area (Å²) in [6.07, 6.45) is 18.6. The quantitative estimate of drug-likeness (QED) is 0.177. The number of hydrogen-bond acceptors (Lipinski definition) is 0. The second kappa shape index (κ2) is 11.9. The first-order chi connectivity index (χ1) is 18.4. The Bertz CT molecular complexity index is 1470. The molecule has 194 valence electrons. The normalized spacial score (nSPS) is 19.6. The molecule has 2 atom stereocenters. The number of benzene rings is 4. The molecule has 0 amide bonds. The van der Waals surface area contributed by atoms with Crippen LogP contribution in [0.15, 0.2) is 143 Å². The third-order valence-electron chi connectivity index (χ3n) is 8.70. The van der Waals surface area contributed by atoms with Crippen molar-refractivity contribution < 1.29 is 19.1 Å². The van der Waals surface area contributed by atoms with Gasteiger partial charge in [0, 0.05) is 0 Å². The third-order valence-corrected chi connectivity index (χ3v) is 54.5. The summed E-state index contributed by atoms with van der Waals surface area (Å²) in [6, 6.07) is 41.7. The summed E-state index contributed by atoms with van der Waals surface area (Å²) in [5, 5.41) is 3.22. The molecular formula is C35H32Cl2HfSi. The van der Waals surface area contributed by atoms with Crippen LogP contribution in [0.5, 0.6) is 0 Å². The van der Waals surface area contributed by atoms with Crippen molar-refractivity contribution in [2.75, 3.05) is 0 Å². The second-order valence-corrected chi connectivity index (χ2v) is 40.2. The van der Waals surface area contributed by atoms with E-state index in [0.717, 1.165) is 6.42 Å². The second-order valence-electron chi connectivity index (χ2n) is 10.4. The van der Waals surface area contributed by atoms with Crippen molar-refractivity contribution in [2.45, 2.75) is 13.8 Å². The zero-order chi connectivity index (χ0) is 24.7. The molecule has 0 bridgehead atoms. The summed E-state index contributed by atoms with van der Waals surface area (Å²) < 4.78 is 2.84. The number of hydrogen-bond donors (Lipinski definition) is 0. The predicted molar refractivity (Wildman–Crippen MR) is 172 cm³/mol. The molecule has 3 aliphatic carbocycles. The zero-order valence-electron chi connectivity index (χ0n) is 21.7. The van der Waals surface area contributed by atoms with Crippen molar-refractivity contribution in [1.82, 2.24) is 0 Å². The van der Waals surface area contributed by atoms with E-state index in [1.807, 2.05) is 0 Å². The van der Waals surface area contributed by atoms with Crippen LogP contribution < -0.4 is 10.4 Å². The average Bonchev–Trinajstić information content (AvgIpc) is 3.74. The first-order valence-corrected chi connectivity index (χ1v) is 27.3. The van der Waals surface area contributed by atoms with Gasteiger partial charge in [-0.25, -0.2) is 0 Å². The Balaban J connectivity index is 0.00000154. The largest absolute Gasteiger partial charge is 0.147 e. The number of rotatable bonds is 6. The molecule has 0 aromatic heterocycles. The standard InChI is InChI=1S/C12H11Si.2C9H7.C5H5.2ClH.Hf/c1-3-7-11(8-4-1)13-12-9-5-2-6-10-12;2*1-2-5-9-7-3-6-8(9)4-1;1-2-4-5-3-1;;;/h1-10,13H;2*1-7H;1-3H,4H2;2*1H;. The molecule has 2 unspecified atom stereocenters. The van der Waals surface area contributed by atoms with Crippen LogP contribution in [0.3, 0.4) is 0 Å². The molecule has 0 spiro atoms. The minimum absolute atomic E-state index is 0. The number of fused-ring (bicyclic) bond motifs is 2. The molecule has 4 aromatic rings. The van der Waals surface area contributed by atoms with Crippen molar-refractivity contribution in [3.63, 3.8) is 0 Å². The van der Waals surface area contributed by atoms with E-state index in [9.17, 15) is 0 Å². The van der Waals surface area contributed by atoms with Gasteiger partial charge in [-0.3, -0.25) is 0 Å². The molecule has 0 N–H and O–H groups in total. The van der Waals surface area contributed by atoms with Gasteiger partial charge in [-0.1, -0.05) is 0 Å². The van der Waals surface area contributed by atoms with Gasteiger partial charge < -0.3 is 0 Å². The van der Waals surface area contributed by atoms with Crippen molar-refractivity contribution in [2.24, 2.45) is 0 Å². The van der Waals surface area contributed by atoms with E-state index in [2.05, 4.69) is 152 Å². The van der Waals surface area contributed by atoms with Crippen LogP contribution in [0, 0.1) is 0 Å². The van der Waals surface area contributed by atoms with Crippen LogP contribution >= 0.6 is 24.8 Å². The summed E-state index contributed by atoms with van der Waals surface area (Å²) in [6.45, 7) is 0. The van der Waals surface area contributed by atoms with Gasteiger partial charge in [-0.05, 0) is 0 Å². The van der Waals surface area contributed by atoms with Gasteiger partial charge in [0.15, 0.2) is 0 Å². The van der Waals surface area contributed by atoms with E-state index >= 15 is 0 Å². The van der Waals surface area contributed by atoms with E-state index < -0.39 is 25.1 Å². The summed E-state index contributed by atoms with van der Waals surface area (Å²) >= 11 is -3.70. The first-order valence-electron chi connectivity index (χ1n) is 13.4. The van der Waals surface area contributed by atoms with Gasteiger partial charge in [0.25, 0.3) is 0 Å². The monoisotopic (exact) mass is 730 g/mol. The predicted octanol–water partition coefficient (Wildman–Crippen LogP) is 7.90. The zero-order valence-corrected chi connectivity index (χ0v) is 28.1. The van der Waals surface area contributed by atoms with Gasteiger partial charge in [-0.2, -0.15) is 0 Å². The van der Waals surface area contributed by atoms with Gasteiger partial charge in [0.05, 0.1) is 0 Å². The van der Waals surface area contributed by atoms with Crippen molar-refractivity contribution in [3.8, 4) is 0 Å². The fraction of sp³-hybridized carbons (Fsp3) is 0.0857. The first kappa shape index (κ1) is 28.1. The number of halogens is 2. The van der Waals surface area contributed by atoms with Gasteiger partial charge in [0.2, 0.25) is 0 Å². The molecule has 0 saturated carbocycles. The fourth-order valence-corrected chi connectivity index (χ4v) is 61.3. The van der Waals surface area contributed by atoms with Crippen LogP contribution in [-0.4, -0.2) is 5.98 Å². The van der Waals surface area contributed by atoms with Gasteiger partial charge in [-0.15, -0.1) is 24.8 Å². The van der Waals surface area contributed by atoms with Crippen LogP contribution in [0.4, 0.5) is 0 Å². The van der Waals surface area contributed by atoms with Crippen molar-refractivity contribution in [1.29, 1.82) is 0 Å². The Kier molecular flexibility index (Phi) is 8.59. The smallest absolute Gasteiger partial charge is 0.147 e. The molecule has 7 rings (SSSR count). The molecular weight excluding hydrogens is 698 g/mol. The Morgan fingerprint density at radius 3 is 1.49 bits per heavy atom. The summed E-state index contributed by atoms with van der Waals surface area (Å²) in [4.78, 5) is 0. The third kappa shape index (κ3) is 4.66. The fourth-order valence-electron chi connectivity index (χ4n) is 7.27. The SMILES string of the molecule is C1=CC[C]([Hf]([CH]2C=Cc3ccccc32)([CH]2C=Cc3ccccc32)[SiH](c2ccccc2)c2ccccc2)=C1.Cl.Cl. The molecule has 0 nitrogen and oxygen atoms in total. The Labute approximate surface area is 249 Å². The van der Waals surface area contributed by atoms with Crippen LogP contribution in [0.1, 0.15) is 36.0 Å². The molecule has 0 heterocycles. The maximum atomic E-state index is 2.63. The summed E-state index contributed by atoms with van der Waals surface area (Å²) in [5.41, 5.74) is 5.98. The Morgan fingerprint density at radius 2 is 1.03 bits per heavy atom. The minimum atomic E-state index is -3.70. The van der Waals surface area contributed by atoms with Gasteiger partial charge in [0.1, 0.15) is 0 Å². The molecule has 4 aromatic carbocycles. The average molecular weight is 730 g/mol. The van der Waals surface area contributed by atoms with Crippen LogP contribution in [-0.2, 0) is 19.1 Å². The Hall–Kier alpha value is -2.49. The van der Waals surface area contributed by atoms with Gasteiger partial charge >= 0.3 is 227 Å². The maximum Gasteiger partial charge on any atom is -0.147 e. The van der Waals surface area contributed by atoms with Crippen LogP contribution in [0.25, 0.3) is 12.2 Å². The Morgan fingerprint density at radius 1 is 0.564 bits per heavy atom. The minimum Gasteiger partial charge on any atom is -0.147 e. The molecule has 0 aliphatic heterocycles. The topological polar surface area (TPSA) is 0 Å². The number of allylic oxidation sites excluding steroid dienone is 6. The molecule has 39 heavy (non-hydrogen) atoms. The van der Waals surface area contributed by atoms with E-state index in [1.54, 1.807) is 24.8 Å². The van der Waals surface area contributed by atoms with Crippen LogP contribution in [0.2, 0.25) is 0 Å². The molecule has 0 saturated heterocycles. The molecule has 4 heteroatoms. The van der Waals surface area contributed by atoms with E-state index in [1.165, 1.54) is 11.1 Å². The molecule has 0 radical (unpaired) electrons. The summed E-state index contributed by atoms with van der Waals surface area (Å²) in [7, 11) is 0. The van der Waals surface area contributed by atoms with E-state index in [-0.39, 0.29) is 24.8 Å². The molecule has 0 fully saturated rings. The maximum absolute atomic E-state index is 3.70. The van der Waals surface area contributed by atoms with Crippen molar-refractivity contribution >= 4 is 53.3 Å². The van der Waals surface area contributed by atoms with E-state index in [4.69, 9.17) is 0 Å². The molecule has 3 aliphatic rings.